The lowest BCUT2D eigenvalue weighted by Gasteiger charge is -2.31. The van der Waals surface area contributed by atoms with E-state index >= 15 is 0 Å². The van der Waals surface area contributed by atoms with Crippen LogP contribution >= 0.6 is 11.6 Å². The topological polar surface area (TPSA) is 99.3 Å². The summed E-state index contributed by atoms with van der Waals surface area (Å²) >= 11 is 6.47. The molecule has 0 radical (unpaired) electrons. The van der Waals surface area contributed by atoms with Crippen molar-refractivity contribution in [3.63, 3.8) is 0 Å². The van der Waals surface area contributed by atoms with Gasteiger partial charge in [-0.05, 0) is 93.4 Å². The Balaban J connectivity index is 1.21. The van der Waals surface area contributed by atoms with E-state index in [4.69, 9.17) is 16.6 Å². The fraction of sp³-hybridized carbons (Fsp3) is 0.400. The molecular weight excluding hydrogens is 512 g/mol. The molecule has 0 bridgehead atoms. The summed E-state index contributed by atoms with van der Waals surface area (Å²) in [5, 5.41) is 9.52. The van der Waals surface area contributed by atoms with Crippen LogP contribution in [0.1, 0.15) is 55.0 Å². The van der Waals surface area contributed by atoms with Gasteiger partial charge in [0, 0.05) is 18.4 Å². The van der Waals surface area contributed by atoms with Crippen molar-refractivity contribution < 1.29 is 9.59 Å². The van der Waals surface area contributed by atoms with Crippen LogP contribution in [0.15, 0.2) is 48.7 Å². The van der Waals surface area contributed by atoms with Gasteiger partial charge in [-0.25, -0.2) is 9.97 Å². The number of aryl methyl sites for hydroxylation is 2. The highest BCUT2D eigenvalue weighted by Crippen LogP contribution is 2.40. The van der Waals surface area contributed by atoms with Crippen LogP contribution in [-0.4, -0.2) is 53.4 Å². The van der Waals surface area contributed by atoms with Crippen molar-refractivity contribution in [2.24, 2.45) is 0 Å². The maximum atomic E-state index is 12.4. The van der Waals surface area contributed by atoms with Gasteiger partial charge in [-0.3, -0.25) is 14.5 Å². The molecule has 204 valence electrons. The van der Waals surface area contributed by atoms with E-state index in [1.165, 1.54) is 5.56 Å². The molecular formula is C30H35ClN6O2. The minimum atomic E-state index is -0.567. The zero-order chi connectivity index (χ0) is 27.6. The van der Waals surface area contributed by atoms with Crippen molar-refractivity contribution in [3.05, 3.63) is 76.1 Å². The van der Waals surface area contributed by atoms with Gasteiger partial charge in [-0.2, -0.15) is 0 Å². The zero-order valence-electron chi connectivity index (χ0n) is 22.7. The van der Waals surface area contributed by atoms with E-state index in [0.29, 0.717) is 36.3 Å². The maximum Gasteiger partial charge on any atom is 0.234 e. The Morgan fingerprint density at radius 3 is 2.59 bits per heavy atom. The number of hydrogen-bond donors (Lipinski definition) is 3. The number of fused-ring (bicyclic) bond motifs is 1. The van der Waals surface area contributed by atoms with Crippen LogP contribution in [0.3, 0.4) is 0 Å². The monoisotopic (exact) mass is 546 g/mol. The third-order valence-electron chi connectivity index (χ3n) is 7.91. The van der Waals surface area contributed by atoms with Crippen LogP contribution in [0.25, 0.3) is 0 Å². The molecule has 1 aromatic heterocycles. The largest absolute Gasteiger partial charge is 0.358 e. The average Bonchev–Trinajstić information content (AvgIpc) is 3.18. The van der Waals surface area contributed by atoms with Gasteiger partial charge in [0.05, 0.1) is 28.9 Å². The van der Waals surface area contributed by atoms with Gasteiger partial charge >= 0.3 is 0 Å². The Kier molecular flexibility index (Phi) is 7.86. The van der Waals surface area contributed by atoms with Crippen LogP contribution in [-0.2, 0) is 27.8 Å². The zero-order valence-corrected chi connectivity index (χ0v) is 23.4. The summed E-state index contributed by atoms with van der Waals surface area (Å²) in [5.41, 5.74) is 5.48. The third-order valence-corrected chi connectivity index (χ3v) is 8.23. The van der Waals surface area contributed by atoms with Crippen molar-refractivity contribution >= 4 is 40.7 Å². The highest BCUT2D eigenvalue weighted by Gasteiger charge is 2.39. The molecule has 0 unspecified atom stereocenters. The van der Waals surface area contributed by atoms with Crippen LogP contribution in [0.4, 0.5) is 17.3 Å². The smallest absolute Gasteiger partial charge is 0.234 e. The van der Waals surface area contributed by atoms with E-state index in [1.807, 2.05) is 26.0 Å². The quantitative estimate of drug-likeness (QED) is 0.375. The Morgan fingerprint density at radius 2 is 1.87 bits per heavy atom. The molecule has 3 aromatic rings. The molecule has 1 saturated heterocycles. The van der Waals surface area contributed by atoms with Gasteiger partial charge in [0.25, 0.3) is 0 Å². The van der Waals surface area contributed by atoms with Crippen LogP contribution < -0.4 is 16.0 Å². The summed E-state index contributed by atoms with van der Waals surface area (Å²) in [4.78, 5) is 35.4. The number of nitrogens with zero attached hydrogens (tertiary/aromatic N) is 3. The number of nitrogens with one attached hydrogen (secondary N) is 3. The second kappa shape index (κ2) is 11.3. The highest BCUT2D eigenvalue weighted by molar-refractivity contribution is 6.31. The molecule has 2 aromatic carbocycles. The van der Waals surface area contributed by atoms with E-state index in [2.05, 4.69) is 56.2 Å². The molecule has 2 aliphatic rings. The number of rotatable bonds is 8. The number of carbonyl (C=O) groups excluding carboxylic acids is 2. The summed E-state index contributed by atoms with van der Waals surface area (Å²) in [6, 6.07) is 14.4. The molecule has 9 heteroatoms. The first-order valence-electron chi connectivity index (χ1n) is 13.5. The minimum Gasteiger partial charge on any atom is -0.358 e. The molecule has 3 heterocycles. The number of piperidine rings is 1. The van der Waals surface area contributed by atoms with Crippen molar-refractivity contribution in [3.8, 4) is 0 Å². The van der Waals surface area contributed by atoms with Gasteiger partial charge in [0.2, 0.25) is 17.8 Å². The fourth-order valence-corrected chi connectivity index (χ4v) is 5.79. The van der Waals surface area contributed by atoms with Gasteiger partial charge in [0.1, 0.15) is 0 Å². The fourth-order valence-electron chi connectivity index (χ4n) is 5.61. The van der Waals surface area contributed by atoms with E-state index < -0.39 is 5.41 Å². The molecule has 39 heavy (non-hydrogen) atoms. The molecule has 2 amide bonds. The highest BCUT2D eigenvalue weighted by atomic mass is 35.5. The number of halogens is 1. The van der Waals surface area contributed by atoms with E-state index in [0.717, 1.165) is 54.1 Å². The number of likely N-dealkylation sites (tertiary alicyclic amines) is 1. The minimum absolute atomic E-state index is 0.0222. The summed E-state index contributed by atoms with van der Waals surface area (Å²) < 4.78 is 0. The second-order valence-corrected chi connectivity index (χ2v) is 11.3. The lowest BCUT2D eigenvalue weighted by atomic mass is 9.82. The normalized spacial score (nSPS) is 17.0. The molecule has 5 rings (SSSR count). The Bertz CT molecular complexity index is 1370. The summed E-state index contributed by atoms with van der Waals surface area (Å²) in [6.07, 6.45) is 5.07. The molecule has 3 N–H and O–H groups in total. The number of hydrogen-bond acceptors (Lipinski definition) is 6. The summed E-state index contributed by atoms with van der Waals surface area (Å²) in [7, 11) is 1.68. The SMILES string of the molecule is CNC(=O)CN1CCC(c2ccc(Nc3ncc(Cl)c(CCc4cccc5c4C(C)(C)C(=O)N5)n3)cc2)CC1. The Hall–Kier alpha value is -3.49. The molecule has 1 fully saturated rings. The Labute approximate surface area is 234 Å². The number of carbonyl (C=O) groups is 2. The standard InChI is InChI=1S/C30H35ClN6O2/c1-30(2)27-21(5-4-6-25(27)35-28(30)39)9-12-24-23(31)17-33-29(36-24)34-22-10-7-19(8-11-22)20-13-15-37(16-14-20)18-26(38)32-3/h4-8,10-11,17,20H,9,12-16,18H2,1-3H3,(H,32,38)(H,35,39)(H,33,34,36). The lowest BCUT2D eigenvalue weighted by Crippen LogP contribution is -2.40. The van der Waals surface area contributed by atoms with Crippen molar-refractivity contribution in [1.29, 1.82) is 0 Å². The van der Waals surface area contributed by atoms with Crippen molar-refractivity contribution in [1.82, 2.24) is 20.2 Å². The maximum absolute atomic E-state index is 12.4. The first-order chi connectivity index (χ1) is 18.7. The predicted molar refractivity (Wildman–Crippen MR) is 155 cm³/mol. The predicted octanol–water partition coefficient (Wildman–Crippen LogP) is 4.81. The Morgan fingerprint density at radius 1 is 1.13 bits per heavy atom. The molecule has 0 saturated carbocycles. The van der Waals surface area contributed by atoms with Gasteiger partial charge < -0.3 is 16.0 Å². The van der Waals surface area contributed by atoms with Crippen molar-refractivity contribution in [2.75, 3.05) is 37.3 Å². The summed E-state index contributed by atoms with van der Waals surface area (Å²) in [5.74, 6) is 1.08. The first kappa shape index (κ1) is 27.1. The van der Waals surface area contributed by atoms with Gasteiger partial charge in [-0.15, -0.1) is 0 Å². The number of anilines is 3. The van der Waals surface area contributed by atoms with Crippen molar-refractivity contribution in [2.45, 2.75) is 50.9 Å². The summed E-state index contributed by atoms with van der Waals surface area (Å²) in [6.45, 7) is 6.24. The lowest BCUT2D eigenvalue weighted by molar-refractivity contribution is -0.122. The third kappa shape index (κ3) is 5.92. The number of amides is 2. The number of benzene rings is 2. The average molecular weight is 547 g/mol. The van der Waals surface area contributed by atoms with Crippen LogP contribution in [0, 0.1) is 0 Å². The number of likely N-dealkylation sites (N-methyl/N-ethyl adjacent to an activating group) is 1. The molecule has 8 nitrogen and oxygen atoms in total. The van der Waals surface area contributed by atoms with E-state index in [1.54, 1.807) is 13.2 Å². The van der Waals surface area contributed by atoms with Crippen LogP contribution in [0.2, 0.25) is 5.02 Å². The molecule has 0 spiro atoms. The number of aromatic nitrogens is 2. The first-order valence-corrected chi connectivity index (χ1v) is 13.9. The van der Waals surface area contributed by atoms with Crippen LogP contribution in [0.5, 0.6) is 0 Å². The molecule has 0 aliphatic carbocycles. The van der Waals surface area contributed by atoms with E-state index in [-0.39, 0.29) is 11.8 Å². The second-order valence-electron chi connectivity index (χ2n) is 10.9. The van der Waals surface area contributed by atoms with E-state index in [9.17, 15) is 9.59 Å². The van der Waals surface area contributed by atoms with Gasteiger partial charge in [-0.1, -0.05) is 35.9 Å². The molecule has 0 atom stereocenters. The van der Waals surface area contributed by atoms with Gasteiger partial charge in [0.15, 0.2) is 0 Å². The molecule has 2 aliphatic heterocycles.